The number of carbonyl (C=O) groups excluding carboxylic acids is 3. The smallest absolute Gasteiger partial charge is 0.338 e. The van der Waals surface area contributed by atoms with E-state index < -0.39 is 5.60 Å². The van der Waals surface area contributed by atoms with Crippen LogP contribution in [0.5, 0.6) is 0 Å². The van der Waals surface area contributed by atoms with Gasteiger partial charge in [0.05, 0.1) is 5.56 Å². The van der Waals surface area contributed by atoms with Crippen molar-refractivity contribution in [1.82, 2.24) is 0 Å². The Balaban J connectivity index is 1.19. The molecular weight excluding hydrogens is 388 g/mol. The first-order valence-electron chi connectivity index (χ1n) is 12.0. The molecule has 4 heteroatoms. The number of esters is 1. The van der Waals surface area contributed by atoms with Crippen LogP contribution in [-0.2, 0) is 14.3 Å². The molecular formula is C27H30O4. The number of fused-ring (bicyclic) bond motifs is 9. The van der Waals surface area contributed by atoms with E-state index >= 15 is 0 Å². The van der Waals surface area contributed by atoms with Crippen molar-refractivity contribution in [2.75, 3.05) is 0 Å². The summed E-state index contributed by atoms with van der Waals surface area (Å²) in [6.07, 6.45) is 9.61. The Morgan fingerprint density at radius 1 is 0.903 bits per heavy atom. The van der Waals surface area contributed by atoms with E-state index in [1.807, 2.05) is 50.3 Å². The Morgan fingerprint density at radius 3 is 2.23 bits per heavy atom. The van der Waals surface area contributed by atoms with E-state index in [1.165, 1.54) is 12.8 Å². The second kappa shape index (κ2) is 6.63. The number of Topliss-reactive ketones (excluding diaryl/α,β-unsaturated/α-hetero) is 2. The summed E-state index contributed by atoms with van der Waals surface area (Å²) >= 11 is 0. The molecule has 1 aromatic carbocycles. The van der Waals surface area contributed by atoms with Gasteiger partial charge in [0.25, 0.3) is 0 Å². The van der Waals surface area contributed by atoms with Gasteiger partial charge in [-0.15, -0.1) is 0 Å². The van der Waals surface area contributed by atoms with Crippen molar-refractivity contribution >= 4 is 17.5 Å². The van der Waals surface area contributed by atoms with Crippen molar-refractivity contribution in [1.29, 1.82) is 0 Å². The van der Waals surface area contributed by atoms with Crippen LogP contribution in [0.1, 0.15) is 67.8 Å². The molecule has 0 radical (unpaired) electrons. The van der Waals surface area contributed by atoms with Crippen molar-refractivity contribution in [3.8, 4) is 0 Å². The molecule has 0 spiro atoms. The molecule has 7 atom stereocenters. The maximum absolute atomic E-state index is 13.0. The molecule has 4 saturated carbocycles. The lowest BCUT2D eigenvalue weighted by Crippen LogP contribution is -2.35. The largest absolute Gasteiger partial charge is 0.456 e. The highest BCUT2D eigenvalue weighted by atomic mass is 16.6. The molecule has 4 nitrogen and oxygen atoms in total. The van der Waals surface area contributed by atoms with E-state index in [4.69, 9.17) is 4.74 Å². The molecule has 4 bridgehead atoms. The summed E-state index contributed by atoms with van der Waals surface area (Å²) in [6.45, 7) is 4.05. The maximum atomic E-state index is 13.0. The van der Waals surface area contributed by atoms with Crippen molar-refractivity contribution in [2.24, 2.45) is 41.4 Å². The molecule has 0 aliphatic heterocycles. The Labute approximate surface area is 183 Å². The predicted octanol–water partition coefficient (Wildman–Crippen LogP) is 4.73. The summed E-state index contributed by atoms with van der Waals surface area (Å²) in [5.41, 5.74) is 1.24. The van der Waals surface area contributed by atoms with Crippen LogP contribution in [0.2, 0.25) is 0 Å². The Hall–Kier alpha value is -2.23. The van der Waals surface area contributed by atoms with Crippen LogP contribution in [-0.4, -0.2) is 23.1 Å². The van der Waals surface area contributed by atoms with E-state index in [0.29, 0.717) is 23.0 Å². The van der Waals surface area contributed by atoms with Crippen molar-refractivity contribution < 1.29 is 19.1 Å². The number of ketones is 2. The highest BCUT2D eigenvalue weighted by molar-refractivity contribution is 5.99. The van der Waals surface area contributed by atoms with Crippen molar-refractivity contribution in [3.05, 3.63) is 47.5 Å². The minimum atomic E-state index is -0.444. The highest BCUT2D eigenvalue weighted by Gasteiger charge is 2.68. The van der Waals surface area contributed by atoms with Gasteiger partial charge in [0.1, 0.15) is 17.2 Å². The third-order valence-corrected chi connectivity index (χ3v) is 9.24. The first kappa shape index (κ1) is 19.5. The van der Waals surface area contributed by atoms with Gasteiger partial charge in [0.2, 0.25) is 0 Å². The Kier molecular flexibility index (Phi) is 4.16. The van der Waals surface area contributed by atoms with Crippen LogP contribution in [0, 0.1) is 41.4 Å². The third-order valence-electron chi connectivity index (χ3n) is 9.24. The molecule has 1 aromatic rings. The zero-order chi connectivity index (χ0) is 21.5. The number of carbonyl (C=O) groups is 3. The summed E-state index contributed by atoms with van der Waals surface area (Å²) < 4.78 is 5.90. The van der Waals surface area contributed by atoms with Gasteiger partial charge >= 0.3 is 5.97 Å². The molecule has 4 fully saturated rings. The average Bonchev–Trinajstić information content (AvgIpc) is 3.56. The van der Waals surface area contributed by atoms with Crippen molar-refractivity contribution in [2.45, 2.75) is 57.5 Å². The topological polar surface area (TPSA) is 60.4 Å². The van der Waals surface area contributed by atoms with Gasteiger partial charge in [-0.05, 0) is 74.5 Å². The minimum Gasteiger partial charge on any atom is -0.456 e. The van der Waals surface area contributed by atoms with Crippen LogP contribution < -0.4 is 0 Å². The van der Waals surface area contributed by atoms with Gasteiger partial charge in [-0.25, -0.2) is 4.79 Å². The Morgan fingerprint density at radius 2 is 1.55 bits per heavy atom. The zero-order valence-electron chi connectivity index (χ0n) is 18.3. The number of hydrogen-bond acceptors (Lipinski definition) is 4. The molecule has 162 valence electrons. The van der Waals surface area contributed by atoms with Gasteiger partial charge in [-0.1, -0.05) is 37.1 Å². The SMILES string of the molecule is CC(C)(OC(=O)c1ccc(C2CC3C(=O)C2C2C4C=CC(C4=O)C32)cc1)C1CCCC1. The number of ether oxygens (including phenoxy) is 1. The summed E-state index contributed by atoms with van der Waals surface area (Å²) in [5, 5.41) is 0. The average molecular weight is 419 g/mol. The molecule has 0 amide bonds. The molecule has 7 unspecified atom stereocenters. The minimum absolute atomic E-state index is 0.0183. The number of allylic oxidation sites excluding steroid dienone is 2. The van der Waals surface area contributed by atoms with Gasteiger partial charge in [0, 0.05) is 23.7 Å². The quantitative estimate of drug-likeness (QED) is 0.403. The van der Waals surface area contributed by atoms with Gasteiger partial charge in [-0.3, -0.25) is 9.59 Å². The van der Waals surface area contributed by atoms with Crippen molar-refractivity contribution in [3.63, 3.8) is 0 Å². The van der Waals surface area contributed by atoms with E-state index in [-0.39, 0.29) is 47.4 Å². The molecule has 6 rings (SSSR count). The van der Waals surface area contributed by atoms with E-state index in [1.54, 1.807) is 0 Å². The molecule has 0 heterocycles. The lowest BCUT2D eigenvalue weighted by Gasteiger charge is -2.34. The molecule has 0 saturated heterocycles. The maximum Gasteiger partial charge on any atom is 0.338 e. The number of rotatable bonds is 4. The molecule has 0 aromatic heterocycles. The van der Waals surface area contributed by atoms with Crippen LogP contribution in [0.25, 0.3) is 0 Å². The summed E-state index contributed by atoms with van der Waals surface area (Å²) in [6, 6.07) is 7.69. The second-order valence-electron chi connectivity index (χ2n) is 11.0. The Bertz CT molecular complexity index is 981. The first-order chi connectivity index (χ1) is 14.9. The number of hydrogen-bond donors (Lipinski definition) is 0. The van der Waals surface area contributed by atoms with Crippen LogP contribution >= 0.6 is 0 Å². The van der Waals surface area contributed by atoms with Crippen LogP contribution in [0.3, 0.4) is 0 Å². The third kappa shape index (κ3) is 2.69. The normalized spacial score (nSPS) is 38.3. The molecule has 31 heavy (non-hydrogen) atoms. The van der Waals surface area contributed by atoms with Crippen LogP contribution in [0.4, 0.5) is 0 Å². The zero-order valence-corrected chi connectivity index (χ0v) is 18.3. The monoisotopic (exact) mass is 418 g/mol. The van der Waals surface area contributed by atoms with Crippen LogP contribution in [0.15, 0.2) is 36.4 Å². The predicted molar refractivity (Wildman–Crippen MR) is 115 cm³/mol. The fourth-order valence-corrected chi connectivity index (χ4v) is 7.75. The van der Waals surface area contributed by atoms with Gasteiger partial charge in [0.15, 0.2) is 0 Å². The first-order valence-corrected chi connectivity index (χ1v) is 12.0. The summed E-state index contributed by atoms with van der Waals surface area (Å²) in [7, 11) is 0. The molecule has 5 aliphatic rings. The van der Waals surface area contributed by atoms with E-state index in [9.17, 15) is 14.4 Å². The standard InChI is InChI=1S/C27H30O4/c1-27(2,16-5-3-4-6-16)31-26(30)15-9-7-14(8-10-15)19-13-20-21-17-11-12-18(24(17)28)22(21)23(19)25(20)29/h7-12,16-23H,3-6,13H2,1-2H3. The van der Waals surface area contributed by atoms with Gasteiger partial charge < -0.3 is 4.74 Å². The number of benzene rings is 1. The van der Waals surface area contributed by atoms with Gasteiger partial charge in [-0.2, -0.15) is 0 Å². The van der Waals surface area contributed by atoms with E-state index in [2.05, 4.69) is 0 Å². The molecule has 0 N–H and O–H groups in total. The lowest BCUT2D eigenvalue weighted by atomic mass is 9.68. The second-order valence-corrected chi connectivity index (χ2v) is 11.0. The van der Waals surface area contributed by atoms with E-state index in [0.717, 1.165) is 24.8 Å². The fraction of sp³-hybridized carbons (Fsp3) is 0.593. The lowest BCUT2D eigenvalue weighted by molar-refractivity contribution is -0.125. The molecule has 5 aliphatic carbocycles. The summed E-state index contributed by atoms with van der Waals surface area (Å²) in [5.74, 6) is 1.38. The fourth-order valence-electron chi connectivity index (χ4n) is 7.75. The summed E-state index contributed by atoms with van der Waals surface area (Å²) in [4.78, 5) is 38.4. The highest BCUT2D eigenvalue weighted by Crippen LogP contribution is 2.66.